The van der Waals surface area contributed by atoms with Crippen molar-refractivity contribution in [3.63, 3.8) is 0 Å². The molecule has 0 bridgehead atoms. The van der Waals surface area contributed by atoms with Gasteiger partial charge in [-0.25, -0.2) is 0 Å². The Kier molecular flexibility index (Phi) is 2.52. The monoisotopic (exact) mass is 179 g/mol. The number of hydrogen-bond donors (Lipinski definition) is 1. The summed E-state index contributed by atoms with van der Waals surface area (Å²) in [5, 5.41) is 11.1. The topological polar surface area (TPSA) is 47.0 Å². The molecule has 1 fully saturated rings. The molecule has 0 aromatic carbocycles. The van der Waals surface area contributed by atoms with Crippen LogP contribution in [0.2, 0.25) is 0 Å². The standard InChI is InChI=1S/C9H13N3O/c1-7-4-8(5-11-12-7)9-6-10-2-3-13-9/h4-5,9-10H,2-3,6H2,1H3. The van der Waals surface area contributed by atoms with Gasteiger partial charge in [0.05, 0.1) is 24.6 Å². The van der Waals surface area contributed by atoms with E-state index in [1.807, 2.05) is 13.0 Å². The van der Waals surface area contributed by atoms with Gasteiger partial charge in [-0.3, -0.25) is 0 Å². The lowest BCUT2D eigenvalue weighted by atomic mass is 10.1. The number of nitrogens with one attached hydrogen (secondary N) is 1. The van der Waals surface area contributed by atoms with Gasteiger partial charge in [0, 0.05) is 18.7 Å². The average Bonchev–Trinajstić information content (AvgIpc) is 2.19. The summed E-state index contributed by atoms with van der Waals surface area (Å²) in [5.41, 5.74) is 2.05. The summed E-state index contributed by atoms with van der Waals surface area (Å²) < 4.78 is 5.59. The molecule has 70 valence electrons. The number of aryl methyl sites for hydroxylation is 1. The van der Waals surface area contributed by atoms with Gasteiger partial charge in [0.15, 0.2) is 0 Å². The van der Waals surface area contributed by atoms with Crippen LogP contribution < -0.4 is 5.32 Å². The van der Waals surface area contributed by atoms with E-state index in [-0.39, 0.29) is 6.10 Å². The van der Waals surface area contributed by atoms with Crippen molar-refractivity contribution in [1.82, 2.24) is 15.5 Å². The van der Waals surface area contributed by atoms with Gasteiger partial charge in [-0.15, -0.1) is 0 Å². The highest BCUT2D eigenvalue weighted by molar-refractivity contribution is 5.15. The molecule has 0 radical (unpaired) electrons. The number of nitrogens with zero attached hydrogens (tertiary/aromatic N) is 2. The molecule has 1 aliphatic heterocycles. The molecule has 0 spiro atoms. The van der Waals surface area contributed by atoms with E-state index in [0.29, 0.717) is 0 Å². The van der Waals surface area contributed by atoms with Crippen LogP contribution in [0.3, 0.4) is 0 Å². The molecule has 1 aromatic rings. The van der Waals surface area contributed by atoms with Crippen molar-refractivity contribution in [3.8, 4) is 0 Å². The molecule has 1 aliphatic rings. The second-order valence-corrected chi connectivity index (χ2v) is 3.19. The fourth-order valence-corrected chi connectivity index (χ4v) is 1.45. The van der Waals surface area contributed by atoms with Crippen LogP contribution in [-0.4, -0.2) is 29.9 Å². The third kappa shape index (κ3) is 2.02. The molecule has 4 heteroatoms. The Labute approximate surface area is 77.3 Å². The molecule has 1 N–H and O–H groups in total. The molecule has 1 aromatic heterocycles. The van der Waals surface area contributed by atoms with E-state index < -0.39 is 0 Å². The first-order valence-electron chi connectivity index (χ1n) is 4.48. The number of aromatic nitrogens is 2. The van der Waals surface area contributed by atoms with Crippen LogP contribution in [0.25, 0.3) is 0 Å². The van der Waals surface area contributed by atoms with Crippen molar-refractivity contribution in [2.75, 3.05) is 19.7 Å². The van der Waals surface area contributed by atoms with Crippen LogP contribution in [0.4, 0.5) is 0 Å². The predicted octanol–water partition coefficient (Wildman–Crippen LogP) is 0.446. The van der Waals surface area contributed by atoms with Crippen LogP contribution in [-0.2, 0) is 4.74 Å². The van der Waals surface area contributed by atoms with Crippen LogP contribution in [0, 0.1) is 6.92 Å². The van der Waals surface area contributed by atoms with E-state index in [1.165, 1.54) is 0 Å². The number of morpholine rings is 1. The number of ether oxygens (including phenoxy) is 1. The summed E-state index contributed by atoms with van der Waals surface area (Å²) in [4.78, 5) is 0. The molecule has 2 heterocycles. The van der Waals surface area contributed by atoms with Gasteiger partial charge in [-0.05, 0) is 13.0 Å². The zero-order valence-electron chi connectivity index (χ0n) is 7.66. The lowest BCUT2D eigenvalue weighted by molar-refractivity contribution is 0.0273. The van der Waals surface area contributed by atoms with Gasteiger partial charge in [-0.1, -0.05) is 0 Å². The fraction of sp³-hybridized carbons (Fsp3) is 0.556. The van der Waals surface area contributed by atoms with Gasteiger partial charge < -0.3 is 10.1 Å². The van der Waals surface area contributed by atoms with E-state index >= 15 is 0 Å². The zero-order valence-corrected chi connectivity index (χ0v) is 7.66. The summed E-state index contributed by atoms with van der Waals surface area (Å²) in [6.45, 7) is 4.51. The molecule has 13 heavy (non-hydrogen) atoms. The Hall–Kier alpha value is -1.00. The van der Waals surface area contributed by atoms with Gasteiger partial charge in [-0.2, -0.15) is 10.2 Å². The SMILES string of the molecule is Cc1cc(C2CNCCO2)cnn1. The second-order valence-electron chi connectivity index (χ2n) is 3.19. The summed E-state index contributed by atoms with van der Waals surface area (Å²) in [7, 11) is 0. The molecule has 0 saturated carbocycles. The fourth-order valence-electron chi connectivity index (χ4n) is 1.45. The first-order chi connectivity index (χ1) is 6.36. The summed E-state index contributed by atoms with van der Waals surface area (Å²) in [6.07, 6.45) is 1.91. The number of rotatable bonds is 1. The van der Waals surface area contributed by atoms with Crippen LogP contribution in [0.5, 0.6) is 0 Å². The highest BCUT2D eigenvalue weighted by Gasteiger charge is 2.15. The van der Waals surface area contributed by atoms with Gasteiger partial charge in [0.25, 0.3) is 0 Å². The molecule has 1 unspecified atom stereocenters. The zero-order chi connectivity index (χ0) is 9.10. The maximum absolute atomic E-state index is 5.59. The van der Waals surface area contributed by atoms with Crippen molar-refractivity contribution in [1.29, 1.82) is 0 Å². The highest BCUT2D eigenvalue weighted by Crippen LogP contribution is 2.17. The van der Waals surface area contributed by atoms with E-state index in [2.05, 4.69) is 15.5 Å². The normalized spacial score (nSPS) is 23.0. The van der Waals surface area contributed by atoms with Gasteiger partial charge in [0.1, 0.15) is 0 Å². The third-order valence-corrected chi connectivity index (χ3v) is 2.10. The summed E-state index contributed by atoms with van der Waals surface area (Å²) >= 11 is 0. The first-order valence-corrected chi connectivity index (χ1v) is 4.48. The van der Waals surface area contributed by atoms with E-state index in [0.717, 1.165) is 31.0 Å². The smallest absolute Gasteiger partial charge is 0.0966 e. The summed E-state index contributed by atoms with van der Waals surface area (Å²) in [6, 6.07) is 2.02. The van der Waals surface area contributed by atoms with E-state index in [4.69, 9.17) is 4.74 Å². The Morgan fingerprint density at radius 1 is 1.62 bits per heavy atom. The average molecular weight is 179 g/mol. The molecule has 2 rings (SSSR count). The maximum atomic E-state index is 5.59. The van der Waals surface area contributed by atoms with E-state index in [1.54, 1.807) is 6.20 Å². The van der Waals surface area contributed by atoms with Crippen molar-refractivity contribution < 1.29 is 4.74 Å². The first kappa shape index (κ1) is 8.59. The van der Waals surface area contributed by atoms with Crippen molar-refractivity contribution in [2.24, 2.45) is 0 Å². The summed E-state index contributed by atoms with van der Waals surface area (Å²) in [5.74, 6) is 0. The van der Waals surface area contributed by atoms with Crippen LogP contribution in [0.1, 0.15) is 17.4 Å². The van der Waals surface area contributed by atoms with Crippen molar-refractivity contribution >= 4 is 0 Å². The van der Waals surface area contributed by atoms with Crippen molar-refractivity contribution in [2.45, 2.75) is 13.0 Å². The second kappa shape index (κ2) is 3.81. The minimum Gasteiger partial charge on any atom is -0.371 e. The highest BCUT2D eigenvalue weighted by atomic mass is 16.5. The molecule has 1 atom stereocenters. The van der Waals surface area contributed by atoms with Gasteiger partial charge in [0.2, 0.25) is 0 Å². The van der Waals surface area contributed by atoms with Gasteiger partial charge >= 0.3 is 0 Å². The largest absolute Gasteiger partial charge is 0.371 e. The minimum absolute atomic E-state index is 0.142. The minimum atomic E-state index is 0.142. The quantitative estimate of drug-likeness (QED) is 0.679. The van der Waals surface area contributed by atoms with E-state index in [9.17, 15) is 0 Å². The Morgan fingerprint density at radius 3 is 3.23 bits per heavy atom. The molecule has 4 nitrogen and oxygen atoms in total. The Balaban J connectivity index is 2.14. The molecule has 0 aliphatic carbocycles. The third-order valence-electron chi connectivity index (χ3n) is 2.10. The predicted molar refractivity (Wildman–Crippen MR) is 48.3 cm³/mol. The number of hydrogen-bond acceptors (Lipinski definition) is 4. The molecular weight excluding hydrogens is 166 g/mol. The molecular formula is C9H13N3O. The lowest BCUT2D eigenvalue weighted by Gasteiger charge is -2.23. The Bertz CT molecular complexity index is 284. The van der Waals surface area contributed by atoms with Crippen LogP contribution in [0.15, 0.2) is 12.3 Å². The van der Waals surface area contributed by atoms with Crippen LogP contribution >= 0.6 is 0 Å². The maximum Gasteiger partial charge on any atom is 0.0966 e. The molecule has 0 amide bonds. The molecule has 1 saturated heterocycles. The lowest BCUT2D eigenvalue weighted by Crippen LogP contribution is -2.33. The Morgan fingerprint density at radius 2 is 2.54 bits per heavy atom. The van der Waals surface area contributed by atoms with Crippen molar-refractivity contribution in [3.05, 3.63) is 23.5 Å².